The van der Waals surface area contributed by atoms with Crippen LogP contribution in [0.4, 0.5) is 13.2 Å². The third-order valence-electron chi connectivity index (χ3n) is 1.69. The smallest absolute Gasteiger partial charge is 0.392 e. The second-order valence-corrected chi connectivity index (χ2v) is 3.08. The van der Waals surface area contributed by atoms with E-state index in [2.05, 4.69) is 0 Å². The lowest BCUT2D eigenvalue weighted by Gasteiger charge is -2.29. The van der Waals surface area contributed by atoms with Crippen LogP contribution in [0, 0.1) is 0 Å². The van der Waals surface area contributed by atoms with Crippen molar-refractivity contribution >= 4 is 0 Å². The van der Waals surface area contributed by atoms with E-state index in [1.54, 1.807) is 0 Å². The highest BCUT2D eigenvalue weighted by molar-refractivity contribution is 4.78. The van der Waals surface area contributed by atoms with Gasteiger partial charge in [-0.1, -0.05) is 0 Å². The van der Waals surface area contributed by atoms with Crippen LogP contribution in [-0.4, -0.2) is 48.5 Å². The number of hydrogen-bond donors (Lipinski definition) is 2. The van der Waals surface area contributed by atoms with E-state index in [9.17, 15) is 13.2 Å². The minimum atomic E-state index is -4.33. The Balaban J connectivity index is 4.24. The van der Waals surface area contributed by atoms with E-state index in [0.717, 1.165) is 4.90 Å². The van der Waals surface area contributed by atoms with Crippen LogP contribution in [0.5, 0.6) is 0 Å². The number of nitrogens with zero attached hydrogens (tertiary/aromatic N) is 1. The molecule has 0 spiro atoms. The van der Waals surface area contributed by atoms with E-state index in [1.165, 1.54) is 14.0 Å². The molecule has 2 unspecified atom stereocenters. The summed E-state index contributed by atoms with van der Waals surface area (Å²) < 4.78 is 36.7. The van der Waals surface area contributed by atoms with Gasteiger partial charge in [0.05, 0.1) is 6.10 Å². The fourth-order valence-electron chi connectivity index (χ4n) is 1.11. The Morgan fingerprint density at radius 3 is 2.15 bits per heavy atom. The van der Waals surface area contributed by atoms with E-state index in [1.807, 2.05) is 0 Å². The summed E-state index contributed by atoms with van der Waals surface area (Å²) in [6.45, 7) is 0.897. The fraction of sp³-hybridized carbons (Fsp3) is 1.00. The van der Waals surface area contributed by atoms with Crippen LogP contribution >= 0.6 is 0 Å². The molecule has 3 N–H and O–H groups in total. The maximum atomic E-state index is 12.2. The summed E-state index contributed by atoms with van der Waals surface area (Å²) in [5, 5.41) is 8.88. The molecule has 0 aliphatic heterocycles. The van der Waals surface area contributed by atoms with E-state index >= 15 is 0 Å². The molecule has 0 aromatic carbocycles. The Hall–Kier alpha value is -0.330. The number of aliphatic hydroxyl groups is 1. The first-order chi connectivity index (χ1) is 5.79. The maximum absolute atomic E-state index is 12.2. The van der Waals surface area contributed by atoms with Crippen molar-refractivity contribution in [2.24, 2.45) is 5.73 Å². The van der Waals surface area contributed by atoms with Gasteiger partial charge in [-0.3, -0.25) is 4.90 Å². The van der Waals surface area contributed by atoms with E-state index in [0.29, 0.717) is 0 Å². The molecule has 0 aliphatic carbocycles. The molecule has 0 saturated heterocycles. The Morgan fingerprint density at radius 1 is 1.46 bits per heavy atom. The summed E-state index contributed by atoms with van der Waals surface area (Å²) >= 11 is 0. The number of hydrogen-bond acceptors (Lipinski definition) is 3. The third kappa shape index (κ3) is 4.44. The summed E-state index contributed by atoms with van der Waals surface area (Å²) in [5.74, 6) is 0. The second kappa shape index (κ2) is 4.78. The summed E-state index contributed by atoms with van der Waals surface area (Å²) in [7, 11) is 1.29. The number of rotatable bonds is 4. The highest BCUT2D eigenvalue weighted by atomic mass is 19.4. The van der Waals surface area contributed by atoms with Crippen LogP contribution in [0.3, 0.4) is 0 Å². The second-order valence-electron chi connectivity index (χ2n) is 3.08. The van der Waals surface area contributed by atoms with Crippen LogP contribution in [0.1, 0.15) is 6.92 Å². The molecule has 3 nitrogen and oxygen atoms in total. The fourth-order valence-corrected chi connectivity index (χ4v) is 1.11. The van der Waals surface area contributed by atoms with Crippen LogP contribution in [0.25, 0.3) is 0 Å². The van der Waals surface area contributed by atoms with Crippen molar-refractivity contribution in [1.29, 1.82) is 0 Å². The molecule has 0 heterocycles. The van der Waals surface area contributed by atoms with E-state index in [4.69, 9.17) is 10.8 Å². The van der Waals surface area contributed by atoms with Crippen LogP contribution in [-0.2, 0) is 0 Å². The maximum Gasteiger partial charge on any atom is 0.405 e. The summed E-state index contributed by atoms with van der Waals surface area (Å²) in [6, 6.07) is -1.68. The van der Waals surface area contributed by atoms with Crippen molar-refractivity contribution in [3.05, 3.63) is 0 Å². The molecular weight excluding hydrogens is 185 g/mol. The van der Waals surface area contributed by atoms with Crippen LogP contribution < -0.4 is 5.73 Å². The topological polar surface area (TPSA) is 49.5 Å². The molecule has 0 radical (unpaired) electrons. The SMILES string of the molecule is CC(O)CN(C)C(CN)C(F)(F)F. The van der Waals surface area contributed by atoms with Gasteiger partial charge in [0.2, 0.25) is 0 Å². The molecule has 80 valence electrons. The minimum Gasteiger partial charge on any atom is -0.392 e. The molecule has 13 heavy (non-hydrogen) atoms. The number of likely N-dealkylation sites (N-methyl/N-ethyl adjacent to an activating group) is 1. The van der Waals surface area contributed by atoms with Crippen molar-refractivity contribution in [1.82, 2.24) is 4.90 Å². The average molecular weight is 200 g/mol. The molecule has 0 saturated carbocycles. The number of alkyl halides is 3. The van der Waals surface area contributed by atoms with Gasteiger partial charge in [0, 0.05) is 13.1 Å². The van der Waals surface area contributed by atoms with Gasteiger partial charge in [-0.25, -0.2) is 0 Å². The molecule has 0 aliphatic rings. The molecule has 6 heteroatoms. The first kappa shape index (κ1) is 12.7. The lowest BCUT2D eigenvalue weighted by molar-refractivity contribution is -0.179. The van der Waals surface area contributed by atoms with E-state index < -0.39 is 24.9 Å². The zero-order valence-electron chi connectivity index (χ0n) is 7.67. The van der Waals surface area contributed by atoms with Crippen molar-refractivity contribution in [3.63, 3.8) is 0 Å². The van der Waals surface area contributed by atoms with Gasteiger partial charge < -0.3 is 10.8 Å². The average Bonchev–Trinajstić information content (AvgIpc) is 1.82. The highest BCUT2D eigenvalue weighted by Gasteiger charge is 2.41. The van der Waals surface area contributed by atoms with Crippen molar-refractivity contribution in [2.75, 3.05) is 20.1 Å². The first-order valence-corrected chi connectivity index (χ1v) is 3.94. The van der Waals surface area contributed by atoms with Gasteiger partial charge in [0.1, 0.15) is 6.04 Å². The standard InChI is InChI=1S/C7H15F3N2O/c1-5(13)4-12(2)6(3-11)7(8,9)10/h5-6,13H,3-4,11H2,1-2H3. The molecular formula is C7H15F3N2O. The Bertz CT molecular complexity index is 149. The zero-order valence-corrected chi connectivity index (χ0v) is 7.67. The quantitative estimate of drug-likeness (QED) is 0.681. The number of nitrogens with two attached hydrogens (primary N) is 1. The Kier molecular flexibility index (Phi) is 4.66. The van der Waals surface area contributed by atoms with Crippen molar-refractivity contribution in [3.8, 4) is 0 Å². The molecule has 2 atom stereocenters. The van der Waals surface area contributed by atoms with Gasteiger partial charge in [0.25, 0.3) is 0 Å². The minimum absolute atomic E-state index is 0.0403. The van der Waals surface area contributed by atoms with Crippen LogP contribution in [0.15, 0.2) is 0 Å². The van der Waals surface area contributed by atoms with Crippen LogP contribution in [0.2, 0.25) is 0 Å². The number of halogens is 3. The molecule has 0 rings (SSSR count). The Labute approximate surface area is 75.3 Å². The largest absolute Gasteiger partial charge is 0.405 e. The van der Waals surface area contributed by atoms with Gasteiger partial charge in [0.15, 0.2) is 0 Å². The molecule has 0 bridgehead atoms. The summed E-state index contributed by atoms with van der Waals surface area (Å²) in [4.78, 5) is 1.00. The summed E-state index contributed by atoms with van der Waals surface area (Å²) in [5.41, 5.74) is 4.99. The van der Waals surface area contributed by atoms with Gasteiger partial charge >= 0.3 is 6.18 Å². The summed E-state index contributed by atoms with van der Waals surface area (Å²) in [6.07, 6.45) is -5.13. The highest BCUT2D eigenvalue weighted by Crippen LogP contribution is 2.23. The van der Waals surface area contributed by atoms with Gasteiger partial charge in [-0.15, -0.1) is 0 Å². The van der Waals surface area contributed by atoms with Crippen molar-refractivity contribution < 1.29 is 18.3 Å². The van der Waals surface area contributed by atoms with Gasteiger partial charge in [-0.05, 0) is 14.0 Å². The lowest BCUT2D eigenvalue weighted by Crippen LogP contribution is -2.50. The predicted molar refractivity (Wildman–Crippen MR) is 43.2 cm³/mol. The zero-order chi connectivity index (χ0) is 10.6. The molecule has 0 amide bonds. The number of aliphatic hydroxyl groups excluding tert-OH is 1. The monoisotopic (exact) mass is 200 g/mol. The predicted octanol–water partition coefficient (Wildman–Crippen LogP) is 0.189. The Morgan fingerprint density at radius 2 is 1.92 bits per heavy atom. The lowest BCUT2D eigenvalue weighted by atomic mass is 10.2. The first-order valence-electron chi connectivity index (χ1n) is 3.94. The molecule has 0 aromatic heterocycles. The van der Waals surface area contributed by atoms with Crippen molar-refractivity contribution in [2.45, 2.75) is 25.2 Å². The molecule has 0 fully saturated rings. The third-order valence-corrected chi connectivity index (χ3v) is 1.69. The van der Waals surface area contributed by atoms with E-state index in [-0.39, 0.29) is 6.54 Å². The molecule has 0 aromatic rings. The normalized spacial score (nSPS) is 17.5. The van der Waals surface area contributed by atoms with Gasteiger partial charge in [-0.2, -0.15) is 13.2 Å².